The number of nitrogens with one attached hydrogen (secondary N) is 2. The standard InChI is InChI=1S/C17H17ClN2O3/c1-11-13(18)3-2-4-14(11)20-17(21)10-19-12-5-6-15-16(9-12)23-8-7-22-15/h2-6,9,19H,7-8,10H2,1H3,(H,20,21). The minimum Gasteiger partial charge on any atom is -0.486 e. The van der Waals surface area contributed by atoms with Crippen LogP contribution in [0, 0.1) is 6.92 Å². The van der Waals surface area contributed by atoms with E-state index < -0.39 is 0 Å². The molecule has 0 aliphatic carbocycles. The molecule has 0 radical (unpaired) electrons. The van der Waals surface area contributed by atoms with Crippen LogP contribution in [-0.2, 0) is 4.79 Å². The molecule has 0 bridgehead atoms. The fourth-order valence-electron chi connectivity index (χ4n) is 2.27. The zero-order valence-corrected chi connectivity index (χ0v) is 13.4. The van der Waals surface area contributed by atoms with E-state index in [0.29, 0.717) is 29.7 Å². The highest BCUT2D eigenvalue weighted by Crippen LogP contribution is 2.32. The molecule has 0 saturated heterocycles. The number of carbonyl (C=O) groups is 1. The maximum Gasteiger partial charge on any atom is 0.243 e. The lowest BCUT2D eigenvalue weighted by Gasteiger charge is -2.19. The quantitative estimate of drug-likeness (QED) is 0.900. The van der Waals surface area contributed by atoms with Crippen molar-refractivity contribution in [1.82, 2.24) is 0 Å². The summed E-state index contributed by atoms with van der Waals surface area (Å²) in [5, 5.41) is 6.54. The third-order valence-electron chi connectivity index (χ3n) is 3.54. The van der Waals surface area contributed by atoms with Crippen molar-refractivity contribution in [2.45, 2.75) is 6.92 Å². The van der Waals surface area contributed by atoms with Crippen molar-refractivity contribution in [1.29, 1.82) is 0 Å². The molecule has 5 nitrogen and oxygen atoms in total. The minimum atomic E-state index is -0.148. The predicted octanol–water partition coefficient (Wildman–Crippen LogP) is 3.47. The smallest absolute Gasteiger partial charge is 0.243 e. The molecule has 1 aliphatic rings. The van der Waals surface area contributed by atoms with Gasteiger partial charge in [0.15, 0.2) is 11.5 Å². The number of amides is 1. The molecule has 0 saturated carbocycles. The number of ether oxygens (including phenoxy) is 2. The van der Waals surface area contributed by atoms with E-state index in [0.717, 1.165) is 17.0 Å². The van der Waals surface area contributed by atoms with Gasteiger partial charge in [-0.05, 0) is 36.8 Å². The van der Waals surface area contributed by atoms with Gasteiger partial charge in [0.1, 0.15) is 13.2 Å². The molecular weight excluding hydrogens is 316 g/mol. The van der Waals surface area contributed by atoms with E-state index in [9.17, 15) is 4.79 Å². The van der Waals surface area contributed by atoms with Crippen LogP contribution in [0.3, 0.4) is 0 Å². The fraction of sp³-hybridized carbons (Fsp3) is 0.235. The first-order valence-corrected chi connectivity index (χ1v) is 7.70. The Morgan fingerprint density at radius 3 is 2.78 bits per heavy atom. The summed E-state index contributed by atoms with van der Waals surface area (Å²) in [7, 11) is 0. The van der Waals surface area contributed by atoms with Gasteiger partial charge in [0.2, 0.25) is 5.91 Å². The van der Waals surface area contributed by atoms with E-state index in [1.54, 1.807) is 12.1 Å². The fourth-order valence-corrected chi connectivity index (χ4v) is 2.45. The topological polar surface area (TPSA) is 59.6 Å². The SMILES string of the molecule is Cc1c(Cl)cccc1NC(=O)CNc1ccc2c(c1)OCCO2. The van der Waals surface area contributed by atoms with Crippen LogP contribution in [-0.4, -0.2) is 25.7 Å². The summed E-state index contributed by atoms with van der Waals surface area (Å²) in [5.74, 6) is 1.26. The number of benzene rings is 2. The van der Waals surface area contributed by atoms with Crippen LogP contribution in [0.25, 0.3) is 0 Å². The summed E-state index contributed by atoms with van der Waals surface area (Å²) in [6, 6.07) is 10.9. The Morgan fingerprint density at radius 2 is 1.96 bits per heavy atom. The lowest BCUT2D eigenvalue weighted by molar-refractivity contribution is -0.114. The van der Waals surface area contributed by atoms with Gasteiger partial charge < -0.3 is 20.1 Å². The molecule has 0 aromatic heterocycles. The van der Waals surface area contributed by atoms with Crippen molar-refractivity contribution in [2.75, 3.05) is 30.4 Å². The van der Waals surface area contributed by atoms with Crippen LogP contribution >= 0.6 is 11.6 Å². The average Bonchev–Trinajstić information content (AvgIpc) is 2.57. The molecule has 0 spiro atoms. The molecule has 6 heteroatoms. The van der Waals surface area contributed by atoms with Crippen LogP contribution in [0.2, 0.25) is 5.02 Å². The van der Waals surface area contributed by atoms with Crippen molar-refractivity contribution in [2.24, 2.45) is 0 Å². The largest absolute Gasteiger partial charge is 0.486 e. The molecule has 2 N–H and O–H groups in total. The summed E-state index contributed by atoms with van der Waals surface area (Å²) in [4.78, 5) is 12.1. The molecular formula is C17H17ClN2O3. The highest BCUT2D eigenvalue weighted by atomic mass is 35.5. The molecule has 23 heavy (non-hydrogen) atoms. The van der Waals surface area contributed by atoms with Crippen molar-refractivity contribution in [3.8, 4) is 11.5 Å². The molecule has 3 rings (SSSR count). The first-order chi connectivity index (χ1) is 11.1. The molecule has 0 atom stereocenters. The monoisotopic (exact) mass is 332 g/mol. The average molecular weight is 333 g/mol. The zero-order chi connectivity index (χ0) is 16.2. The van der Waals surface area contributed by atoms with Gasteiger partial charge in [0.25, 0.3) is 0 Å². The lowest BCUT2D eigenvalue weighted by atomic mass is 10.2. The van der Waals surface area contributed by atoms with Gasteiger partial charge >= 0.3 is 0 Å². The Morgan fingerprint density at radius 1 is 1.17 bits per heavy atom. The van der Waals surface area contributed by atoms with Crippen molar-refractivity contribution in [3.05, 3.63) is 47.0 Å². The van der Waals surface area contributed by atoms with Gasteiger partial charge in [-0.15, -0.1) is 0 Å². The second-order valence-corrected chi connectivity index (χ2v) is 5.58. The number of halogens is 1. The van der Waals surface area contributed by atoms with Crippen LogP contribution in [0.15, 0.2) is 36.4 Å². The number of carbonyl (C=O) groups excluding carboxylic acids is 1. The lowest BCUT2D eigenvalue weighted by Crippen LogP contribution is -2.22. The highest BCUT2D eigenvalue weighted by Gasteiger charge is 2.12. The van der Waals surface area contributed by atoms with Gasteiger partial charge in [-0.25, -0.2) is 0 Å². The Labute approximate surface area is 139 Å². The predicted molar refractivity (Wildman–Crippen MR) is 90.7 cm³/mol. The Balaban J connectivity index is 1.60. The van der Waals surface area contributed by atoms with Gasteiger partial charge in [0, 0.05) is 22.5 Å². The van der Waals surface area contributed by atoms with Crippen LogP contribution in [0.5, 0.6) is 11.5 Å². The molecule has 1 aliphatic heterocycles. The van der Waals surface area contributed by atoms with E-state index in [1.165, 1.54) is 0 Å². The summed E-state index contributed by atoms with van der Waals surface area (Å²) in [6.07, 6.45) is 0. The van der Waals surface area contributed by atoms with Crippen LogP contribution < -0.4 is 20.1 Å². The molecule has 2 aromatic carbocycles. The normalized spacial score (nSPS) is 12.6. The molecule has 2 aromatic rings. The molecule has 0 unspecified atom stereocenters. The first-order valence-electron chi connectivity index (χ1n) is 7.32. The first kappa shape index (κ1) is 15.5. The second-order valence-electron chi connectivity index (χ2n) is 5.17. The van der Waals surface area contributed by atoms with E-state index in [4.69, 9.17) is 21.1 Å². The highest BCUT2D eigenvalue weighted by molar-refractivity contribution is 6.31. The number of rotatable bonds is 4. The maximum atomic E-state index is 12.1. The second kappa shape index (κ2) is 6.79. The summed E-state index contributed by atoms with van der Waals surface area (Å²) in [6.45, 7) is 3.10. The van der Waals surface area contributed by atoms with Gasteiger partial charge in [0.05, 0.1) is 6.54 Å². The molecule has 1 heterocycles. The summed E-state index contributed by atoms with van der Waals surface area (Å²) >= 11 is 6.05. The number of anilines is 2. The van der Waals surface area contributed by atoms with Gasteiger partial charge in [-0.2, -0.15) is 0 Å². The van der Waals surface area contributed by atoms with E-state index >= 15 is 0 Å². The van der Waals surface area contributed by atoms with Crippen molar-refractivity contribution >= 4 is 28.9 Å². The zero-order valence-electron chi connectivity index (χ0n) is 12.7. The van der Waals surface area contributed by atoms with Crippen molar-refractivity contribution in [3.63, 3.8) is 0 Å². The van der Waals surface area contributed by atoms with E-state index in [-0.39, 0.29) is 12.5 Å². The maximum absolute atomic E-state index is 12.1. The number of hydrogen-bond acceptors (Lipinski definition) is 4. The van der Waals surface area contributed by atoms with Crippen LogP contribution in [0.1, 0.15) is 5.56 Å². The Kier molecular flexibility index (Phi) is 4.57. The Bertz CT molecular complexity index is 734. The number of fused-ring (bicyclic) bond motifs is 1. The minimum absolute atomic E-state index is 0.144. The Hall–Kier alpha value is -2.40. The van der Waals surface area contributed by atoms with Gasteiger partial charge in [-0.3, -0.25) is 4.79 Å². The number of hydrogen-bond donors (Lipinski definition) is 2. The molecule has 120 valence electrons. The molecule has 1 amide bonds. The van der Waals surface area contributed by atoms with E-state index in [2.05, 4.69) is 10.6 Å². The van der Waals surface area contributed by atoms with Crippen molar-refractivity contribution < 1.29 is 14.3 Å². The third kappa shape index (κ3) is 3.68. The third-order valence-corrected chi connectivity index (χ3v) is 3.95. The summed E-state index contributed by atoms with van der Waals surface area (Å²) in [5.41, 5.74) is 2.36. The molecule has 0 fully saturated rings. The van der Waals surface area contributed by atoms with Crippen LogP contribution in [0.4, 0.5) is 11.4 Å². The van der Waals surface area contributed by atoms with E-state index in [1.807, 2.05) is 31.2 Å². The summed E-state index contributed by atoms with van der Waals surface area (Å²) < 4.78 is 11.0. The van der Waals surface area contributed by atoms with Gasteiger partial charge in [-0.1, -0.05) is 17.7 Å².